The fourth-order valence-electron chi connectivity index (χ4n) is 5.26. The first-order chi connectivity index (χ1) is 20.3. The first-order valence-electron chi connectivity index (χ1n) is 15.0. The van der Waals surface area contributed by atoms with Crippen LogP contribution in [-0.4, -0.2) is 52.9 Å². The lowest BCUT2D eigenvalue weighted by atomic mass is 9.91. The normalized spacial score (nSPS) is 19.0. The SMILES string of the molecule is C/C=C\C(=C/C=C(C)C)S(=O)N[C@H](CNC1CCC(Nc2nc(N(C)C)c3ccccc3n2)CC1)Cc1ccccc1. The number of hydrogen-bond donors (Lipinski definition) is 3. The molecule has 1 unspecified atom stereocenters. The summed E-state index contributed by atoms with van der Waals surface area (Å²) in [5.74, 6) is 1.63. The minimum absolute atomic E-state index is 0.0277. The van der Waals surface area contributed by atoms with Crippen molar-refractivity contribution in [2.45, 2.75) is 71.0 Å². The average molecular weight is 587 g/mol. The highest BCUT2D eigenvalue weighted by atomic mass is 32.2. The second-order valence-corrected chi connectivity index (χ2v) is 12.7. The van der Waals surface area contributed by atoms with Gasteiger partial charge in [-0.25, -0.2) is 13.9 Å². The van der Waals surface area contributed by atoms with Gasteiger partial charge in [-0.2, -0.15) is 4.98 Å². The highest BCUT2D eigenvalue weighted by Gasteiger charge is 2.23. The van der Waals surface area contributed by atoms with E-state index in [0.29, 0.717) is 18.0 Å². The van der Waals surface area contributed by atoms with Gasteiger partial charge < -0.3 is 15.5 Å². The number of fused-ring (bicyclic) bond motifs is 1. The van der Waals surface area contributed by atoms with E-state index < -0.39 is 11.0 Å². The van der Waals surface area contributed by atoms with Crippen LogP contribution in [0, 0.1) is 0 Å². The van der Waals surface area contributed by atoms with Crippen LogP contribution in [0.3, 0.4) is 0 Å². The zero-order valence-corrected chi connectivity index (χ0v) is 26.5. The summed E-state index contributed by atoms with van der Waals surface area (Å²) in [5, 5.41) is 8.46. The number of rotatable bonds is 13. The van der Waals surface area contributed by atoms with Crippen LogP contribution < -0.4 is 20.3 Å². The third-order valence-electron chi connectivity index (χ3n) is 7.44. The third kappa shape index (κ3) is 9.34. The Morgan fingerprint density at radius 1 is 0.976 bits per heavy atom. The van der Waals surface area contributed by atoms with Gasteiger partial charge in [-0.3, -0.25) is 0 Å². The summed E-state index contributed by atoms with van der Waals surface area (Å²) in [6, 6.07) is 19.4. The molecule has 4 rings (SSSR count). The van der Waals surface area contributed by atoms with Crippen molar-refractivity contribution in [3.8, 4) is 0 Å². The number of para-hydroxylation sites is 1. The Morgan fingerprint density at radius 3 is 2.36 bits per heavy atom. The second-order valence-electron chi connectivity index (χ2n) is 11.5. The Balaban J connectivity index is 1.36. The van der Waals surface area contributed by atoms with E-state index in [1.165, 1.54) is 11.1 Å². The maximum atomic E-state index is 13.4. The number of anilines is 2. The molecule has 7 nitrogen and oxygen atoms in total. The number of benzene rings is 2. The van der Waals surface area contributed by atoms with Crippen LogP contribution in [0.15, 0.2) is 89.4 Å². The Labute approximate surface area is 254 Å². The van der Waals surface area contributed by atoms with Crippen molar-refractivity contribution in [3.05, 3.63) is 94.9 Å². The van der Waals surface area contributed by atoms with Gasteiger partial charge in [-0.05, 0) is 82.7 Å². The zero-order chi connectivity index (χ0) is 29.9. The van der Waals surface area contributed by atoms with Gasteiger partial charge in [-0.15, -0.1) is 0 Å². The number of allylic oxidation sites excluding steroid dienone is 5. The van der Waals surface area contributed by atoms with E-state index in [1.807, 2.05) is 88.3 Å². The van der Waals surface area contributed by atoms with E-state index in [4.69, 9.17) is 9.97 Å². The Morgan fingerprint density at radius 2 is 1.67 bits per heavy atom. The van der Waals surface area contributed by atoms with Gasteiger partial charge in [0.25, 0.3) is 0 Å². The highest BCUT2D eigenvalue weighted by molar-refractivity contribution is 7.87. The monoisotopic (exact) mass is 586 g/mol. The fourth-order valence-corrected chi connectivity index (χ4v) is 6.32. The molecule has 42 heavy (non-hydrogen) atoms. The van der Waals surface area contributed by atoms with Crippen molar-refractivity contribution in [2.75, 3.05) is 30.9 Å². The van der Waals surface area contributed by atoms with Crippen LogP contribution in [0.2, 0.25) is 0 Å². The maximum Gasteiger partial charge on any atom is 0.225 e. The molecule has 1 aromatic heterocycles. The molecule has 2 aromatic carbocycles. The molecule has 0 radical (unpaired) electrons. The maximum absolute atomic E-state index is 13.4. The molecule has 0 aliphatic heterocycles. The minimum atomic E-state index is -1.32. The van der Waals surface area contributed by atoms with Gasteiger partial charge in [0.15, 0.2) is 0 Å². The van der Waals surface area contributed by atoms with E-state index >= 15 is 0 Å². The zero-order valence-electron chi connectivity index (χ0n) is 25.6. The summed E-state index contributed by atoms with van der Waals surface area (Å²) < 4.78 is 16.8. The lowest BCUT2D eigenvalue weighted by Gasteiger charge is -2.31. The smallest absolute Gasteiger partial charge is 0.225 e. The quantitative estimate of drug-likeness (QED) is 0.204. The molecule has 2 atom stereocenters. The van der Waals surface area contributed by atoms with Crippen molar-refractivity contribution in [1.29, 1.82) is 0 Å². The summed E-state index contributed by atoms with van der Waals surface area (Å²) in [6.45, 7) is 6.79. The molecular weight excluding hydrogens is 540 g/mol. The molecule has 0 bridgehead atoms. The Bertz CT molecular complexity index is 1410. The van der Waals surface area contributed by atoms with E-state index in [1.54, 1.807) is 0 Å². The summed E-state index contributed by atoms with van der Waals surface area (Å²) in [5.41, 5.74) is 3.36. The number of nitrogens with one attached hydrogen (secondary N) is 3. The molecule has 224 valence electrons. The van der Waals surface area contributed by atoms with Crippen molar-refractivity contribution in [2.24, 2.45) is 0 Å². The standard InChI is InChI=1S/C34H46N6OS/c1-6-12-30(22-17-25(2)3)42(41)39-29(23-26-13-8-7-9-14-26)24-35-27-18-20-28(21-19-27)36-34-37-32-16-11-10-15-31(32)33(38-34)40(4)5/h6-17,22,27-29,35,39H,18-21,23-24H2,1-5H3,(H,36,37,38)/b12-6-,30-22+/t27?,28?,29-,42?/m0/s1. The summed E-state index contributed by atoms with van der Waals surface area (Å²) >= 11 is 0. The minimum Gasteiger partial charge on any atom is -0.362 e. The van der Waals surface area contributed by atoms with E-state index in [-0.39, 0.29) is 6.04 Å². The van der Waals surface area contributed by atoms with Crippen molar-refractivity contribution >= 4 is 33.7 Å². The molecule has 1 aliphatic carbocycles. The predicted octanol–water partition coefficient (Wildman–Crippen LogP) is 6.30. The molecule has 3 N–H and O–H groups in total. The van der Waals surface area contributed by atoms with Crippen molar-refractivity contribution < 1.29 is 4.21 Å². The largest absolute Gasteiger partial charge is 0.362 e. The van der Waals surface area contributed by atoms with Crippen LogP contribution in [0.25, 0.3) is 10.9 Å². The molecule has 0 amide bonds. The molecule has 1 fully saturated rings. The van der Waals surface area contributed by atoms with E-state index in [2.05, 4.69) is 45.7 Å². The average Bonchev–Trinajstić information content (AvgIpc) is 2.98. The lowest BCUT2D eigenvalue weighted by molar-refractivity contribution is 0.343. The first kappa shape index (κ1) is 31.6. The van der Waals surface area contributed by atoms with E-state index in [0.717, 1.165) is 60.3 Å². The number of hydrogen-bond acceptors (Lipinski definition) is 6. The molecular formula is C34H46N6OS. The van der Waals surface area contributed by atoms with E-state index in [9.17, 15) is 4.21 Å². The molecule has 1 aliphatic rings. The van der Waals surface area contributed by atoms with Crippen LogP contribution in [0.5, 0.6) is 0 Å². The molecule has 0 saturated heterocycles. The second kappa shape index (κ2) is 15.8. The molecule has 0 spiro atoms. The predicted molar refractivity (Wildman–Crippen MR) is 179 cm³/mol. The fraction of sp³-hybridized carbons (Fsp3) is 0.412. The van der Waals surface area contributed by atoms with Gasteiger partial charge in [-0.1, -0.05) is 60.2 Å². The van der Waals surface area contributed by atoms with Gasteiger partial charge in [0, 0.05) is 44.2 Å². The van der Waals surface area contributed by atoms with Crippen LogP contribution >= 0.6 is 0 Å². The molecule has 8 heteroatoms. The highest BCUT2D eigenvalue weighted by Crippen LogP contribution is 2.26. The van der Waals surface area contributed by atoms with Gasteiger partial charge in [0.1, 0.15) is 16.8 Å². The first-order valence-corrected chi connectivity index (χ1v) is 16.1. The molecule has 1 heterocycles. The summed E-state index contributed by atoms with van der Waals surface area (Å²) in [7, 11) is 2.72. The topological polar surface area (TPSA) is 82.2 Å². The van der Waals surface area contributed by atoms with Crippen LogP contribution in [0.4, 0.5) is 11.8 Å². The molecule has 1 saturated carbocycles. The Kier molecular flexibility index (Phi) is 11.9. The van der Waals surface area contributed by atoms with Gasteiger partial charge >= 0.3 is 0 Å². The van der Waals surface area contributed by atoms with Crippen LogP contribution in [0.1, 0.15) is 52.0 Å². The summed E-state index contributed by atoms with van der Waals surface area (Å²) in [6.07, 6.45) is 12.8. The van der Waals surface area contributed by atoms with Gasteiger partial charge in [0.2, 0.25) is 5.95 Å². The molecule has 3 aromatic rings. The van der Waals surface area contributed by atoms with Crippen LogP contribution in [-0.2, 0) is 17.4 Å². The van der Waals surface area contributed by atoms with Gasteiger partial charge in [0.05, 0.1) is 10.4 Å². The Hall–Kier alpha value is -3.33. The number of nitrogens with zero attached hydrogens (tertiary/aromatic N) is 3. The summed E-state index contributed by atoms with van der Waals surface area (Å²) in [4.78, 5) is 12.4. The number of aromatic nitrogens is 2. The third-order valence-corrected chi connectivity index (χ3v) is 8.69. The lowest BCUT2D eigenvalue weighted by Crippen LogP contribution is -2.46. The van der Waals surface area contributed by atoms with Crippen molar-refractivity contribution in [3.63, 3.8) is 0 Å². The van der Waals surface area contributed by atoms with Crippen molar-refractivity contribution in [1.82, 2.24) is 20.0 Å².